The van der Waals surface area contributed by atoms with Crippen LogP contribution in [-0.2, 0) is 4.79 Å². The van der Waals surface area contributed by atoms with Crippen LogP contribution in [0.2, 0.25) is 0 Å². The number of nitrogens with zero attached hydrogens (tertiary/aromatic N) is 2. The maximum atomic E-state index is 11.0. The van der Waals surface area contributed by atoms with Crippen LogP contribution in [0.1, 0.15) is 20.3 Å². The fourth-order valence-corrected chi connectivity index (χ4v) is 2.81. The Morgan fingerprint density at radius 2 is 2.30 bits per heavy atom. The van der Waals surface area contributed by atoms with Crippen molar-refractivity contribution in [1.82, 2.24) is 4.98 Å². The van der Waals surface area contributed by atoms with E-state index < -0.39 is 11.6 Å². The molecule has 1 aliphatic rings. The van der Waals surface area contributed by atoms with Gasteiger partial charge in [-0.1, -0.05) is 6.92 Å². The summed E-state index contributed by atoms with van der Waals surface area (Å²) < 4.78 is 0. The van der Waals surface area contributed by atoms with Gasteiger partial charge in [0.15, 0.2) is 0 Å². The van der Waals surface area contributed by atoms with Crippen molar-refractivity contribution in [2.75, 3.05) is 23.7 Å². The largest absolute Gasteiger partial charge is 0.481 e. The quantitative estimate of drug-likeness (QED) is 0.762. The van der Waals surface area contributed by atoms with Crippen molar-refractivity contribution in [1.29, 1.82) is 0 Å². The normalized spacial score (nSPS) is 30.2. The predicted octanol–water partition coefficient (Wildman–Crippen LogP) is 0.962. The Bertz CT molecular complexity index is 504. The number of piperidine rings is 1. The lowest BCUT2D eigenvalue weighted by atomic mass is 9.74. The summed E-state index contributed by atoms with van der Waals surface area (Å²) >= 11 is 0. The zero-order chi connectivity index (χ0) is 14.9. The summed E-state index contributed by atoms with van der Waals surface area (Å²) in [7, 11) is 0. The van der Waals surface area contributed by atoms with E-state index in [2.05, 4.69) is 4.98 Å². The first kappa shape index (κ1) is 14.6. The van der Waals surface area contributed by atoms with E-state index in [1.54, 1.807) is 19.3 Å². The molecule has 0 saturated carbocycles. The van der Waals surface area contributed by atoms with E-state index in [1.807, 2.05) is 17.9 Å². The molecule has 6 heteroatoms. The van der Waals surface area contributed by atoms with Crippen molar-refractivity contribution in [3.63, 3.8) is 0 Å². The van der Waals surface area contributed by atoms with Crippen molar-refractivity contribution < 1.29 is 15.0 Å². The van der Waals surface area contributed by atoms with Gasteiger partial charge in [0.05, 0.1) is 29.6 Å². The van der Waals surface area contributed by atoms with Crippen LogP contribution in [0.5, 0.6) is 0 Å². The van der Waals surface area contributed by atoms with E-state index in [1.165, 1.54) is 0 Å². The molecule has 0 amide bonds. The number of pyridine rings is 1. The molecule has 3 atom stereocenters. The number of anilines is 2. The molecule has 0 aromatic carbocycles. The minimum Gasteiger partial charge on any atom is -0.481 e. The third-order valence-corrected chi connectivity index (χ3v) is 4.35. The number of hydrogen-bond donors (Lipinski definition) is 3. The Labute approximate surface area is 118 Å². The number of carboxylic acid groups (broad SMARTS) is 1. The van der Waals surface area contributed by atoms with Gasteiger partial charge in [0.1, 0.15) is 0 Å². The third kappa shape index (κ3) is 2.70. The predicted molar refractivity (Wildman–Crippen MR) is 76.4 cm³/mol. The molecular weight excluding hydrogens is 258 g/mol. The number of aliphatic hydroxyl groups is 1. The lowest BCUT2D eigenvalue weighted by molar-refractivity contribution is -0.142. The molecule has 1 aromatic heterocycles. The van der Waals surface area contributed by atoms with E-state index in [-0.39, 0.29) is 18.3 Å². The Balaban J connectivity index is 2.26. The molecule has 0 radical (unpaired) electrons. The van der Waals surface area contributed by atoms with Gasteiger partial charge in [0, 0.05) is 31.1 Å². The molecule has 0 aliphatic carbocycles. The van der Waals surface area contributed by atoms with Crippen LogP contribution in [0.15, 0.2) is 18.5 Å². The zero-order valence-electron chi connectivity index (χ0n) is 11.8. The Morgan fingerprint density at radius 1 is 1.60 bits per heavy atom. The number of carbonyl (C=O) groups is 1. The maximum absolute atomic E-state index is 11.0. The van der Waals surface area contributed by atoms with Gasteiger partial charge in [0.25, 0.3) is 0 Å². The van der Waals surface area contributed by atoms with Gasteiger partial charge in [-0.05, 0) is 13.0 Å². The highest BCUT2D eigenvalue weighted by Gasteiger charge is 2.44. The molecule has 1 saturated heterocycles. The van der Waals surface area contributed by atoms with Crippen molar-refractivity contribution in [3.05, 3.63) is 18.5 Å². The molecule has 4 N–H and O–H groups in total. The van der Waals surface area contributed by atoms with Crippen molar-refractivity contribution in [2.24, 2.45) is 11.8 Å². The smallest absolute Gasteiger partial charge is 0.303 e. The summed E-state index contributed by atoms with van der Waals surface area (Å²) in [5.41, 5.74) is 6.35. The summed E-state index contributed by atoms with van der Waals surface area (Å²) in [6, 6.07) is 1.82. The minimum absolute atomic E-state index is 0.0480. The molecule has 2 rings (SSSR count). The molecular formula is C14H21N3O3. The molecule has 20 heavy (non-hydrogen) atoms. The number of aliphatic carboxylic acids is 1. The highest BCUT2D eigenvalue weighted by molar-refractivity contribution is 5.69. The first-order valence-corrected chi connectivity index (χ1v) is 6.71. The van der Waals surface area contributed by atoms with Gasteiger partial charge >= 0.3 is 5.97 Å². The van der Waals surface area contributed by atoms with Crippen LogP contribution < -0.4 is 10.6 Å². The summed E-state index contributed by atoms with van der Waals surface area (Å²) in [5.74, 6) is -1.28. The second kappa shape index (κ2) is 5.28. The van der Waals surface area contributed by atoms with Gasteiger partial charge in [-0.15, -0.1) is 0 Å². The monoisotopic (exact) mass is 279 g/mol. The van der Waals surface area contributed by atoms with Gasteiger partial charge in [-0.2, -0.15) is 0 Å². The number of nitrogen functional groups attached to an aromatic ring is 1. The van der Waals surface area contributed by atoms with Gasteiger partial charge in [-0.25, -0.2) is 0 Å². The number of nitrogens with two attached hydrogens (primary N) is 1. The summed E-state index contributed by atoms with van der Waals surface area (Å²) in [4.78, 5) is 17.0. The van der Waals surface area contributed by atoms with Gasteiger partial charge < -0.3 is 20.8 Å². The van der Waals surface area contributed by atoms with Crippen LogP contribution in [0.4, 0.5) is 11.4 Å². The Hall–Kier alpha value is -1.82. The molecule has 0 spiro atoms. The topological polar surface area (TPSA) is 99.7 Å². The van der Waals surface area contributed by atoms with Crippen LogP contribution in [0, 0.1) is 11.8 Å². The van der Waals surface area contributed by atoms with E-state index in [4.69, 9.17) is 10.8 Å². The molecule has 110 valence electrons. The van der Waals surface area contributed by atoms with Crippen LogP contribution in [0.3, 0.4) is 0 Å². The summed E-state index contributed by atoms with van der Waals surface area (Å²) in [6.07, 6.45) is 3.19. The van der Waals surface area contributed by atoms with Crippen molar-refractivity contribution in [2.45, 2.75) is 25.9 Å². The van der Waals surface area contributed by atoms with E-state index in [0.29, 0.717) is 18.8 Å². The standard InChI is InChI=1S/C14H21N3O3/c1-9-7-17(12-3-4-16-6-11(12)15)8-10(5-13(18)19)14(9,2)20/h3-4,6,9-10,20H,5,7-8,15H2,1-2H3,(H,18,19)/t9-,10+,14+/m0/s1. The van der Waals surface area contributed by atoms with Crippen LogP contribution in [0.25, 0.3) is 0 Å². The fourth-order valence-electron chi connectivity index (χ4n) is 2.81. The first-order valence-electron chi connectivity index (χ1n) is 6.71. The summed E-state index contributed by atoms with van der Waals surface area (Å²) in [6.45, 7) is 4.76. The molecule has 6 nitrogen and oxygen atoms in total. The summed E-state index contributed by atoms with van der Waals surface area (Å²) in [5, 5.41) is 19.6. The third-order valence-electron chi connectivity index (χ3n) is 4.35. The minimum atomic E-state index is -0.989. The molecule has 2 heterocycles. The molecule has 1 fully saturated rings. The van der Waals surface area contributed by atoms with Gasteiger partial charge in [-0.3, -0.25) is 9.78 Å². The first-order chi connectivity index (χ1) is 9.32. The fraction of sp³-hybridized carbons (Fsp3) is 0.571. The maximum Gasteiger partial charge on any atom is 0.303 e. The van der Waals surface area contributed by atoms with Crippen LogP contribution in [-0.4, -0.2) is 39.9 Å². The molecule has 1 aliphatic heterocycles. The van der Waals surface area contributed by atoms with Crippen molar-refractivity contribution in [3.8, 4) is 0 Å². The molecule has 0 unspecified atom stereocenters. The second-order valence-corrected chi connectivity index (χ2v) is 5.76. The molecule has 1 aromatic rings. The average molecular weight is 279 g/mol. The Morgan fingerprint density at radius 3 is 2.90 bits per heavy atom. The molecule has 0 bridgehead atoms. The zero-order valence-corrected chi connectivity index (χ0v) is 11.8. The SMILES string of the molecule is C[C@H]1CN(c2ccncc2N)C[C@@H](CC(=O)O)[C@]1(C)O. The van der Waals surface area contributed by atoms with Gasteiger partial charge in [0.2, 0.25) is 0 Å². The number of rotatable bonds is 3. The number of carboxylic acids is 1. The van der Waals surface area contributed by atoms with Crippen molar-refractivity contribution >= 4 is 17.3 Å². The van der Waals surface area contributed by atoms with E-state index in [0.717, 1.165) is 5.69 Å². The number of aromatic nitrogens is 1. The highest BCUT2D eigenvalue weighted by atomic mass is 16.4. The lowest BCUT2D eigenvalue weighted by Gasteiger charge is -2.47. The average Bonchev–Trinajstić information content (AvgIpc) is 2.35. The Kier molecular flexibility index (Phi) is 3.85. The second-order valence-electron chi connectivity index (χ2n) is 5.76. The van der Waals surface area contributed by atoms with E-state index in [9.17, 15) is 9.90 Å². The lowest BCUT2D eigenvalue weighted by Crippen LogP contribution is -2.56. The number of hydrogen-bond acceptors (Lipinski definition) is 5. The highest BCUT2D eigenvalue weighted by Crippen LogP contribution is 2.37. The van der Waals surface area contributed by atoms with E-state index >= 15 is 0 Å². The van der Waals surface area contributed by atoms with Crippen LogP contribution >= 0.6 is 0 Å².